The number of anilines is 1. The lowest BCUT2D eigenvalue weighted by Crippen LogP contribution is -2.59. The number of carbonyl (C=O) groups is 1. The normalized spacial score (nSPS) is 20.8. The van der Waals surface area contributed by atoms with Crippen LogP contribution >= 0.6 is 0 Å². The van der Waals surface area contributed by atoms with Gasteiger partial charge < -0.3 is 10.6 Å². The number of primary amides is 1. The van der Waals surface area contributed by atoms with E-state index in [1.165, 1.54) is 6.33 Å². The van der Waals surface area contributed by atoms with Crippen LogP contribution in [0.15, 0.2) is 12.4 Å². The van der Waals surface area contributed by atoms with E-state index < -0.39 is 0 Å². The summed E-state index contributed by atoms with van der Waals surface area (Å²) in [6, 6.07) is 1.97. The molecular formula is C13H21N5O. The summed E-state index contributed by atoms with van der Waals surface area (Å²) in [6.07, 6.45) is 1.53. The molecule has 6 heteroatoms. The minimum atomic E-state index is -0.328. The van der Waals surface area contributed by atoms with Gasteiger partial charge in [-0.25, -0.2) is 9.97 Å². The molecule has 104 valence electrons. The maximum Gasteiger partial charge on any atom is 0.241 e. The van der Waals surface area contributed by atoms with Crippen molar-refractivity contribution in [3.63, 3.8) is 0 Å². The molecule has 1 aromatic heterocycles. The number of nitrogens with two attached hydrogens (primary N) is 1. The van der Waals surface area contributed by atoms with Crippen molar-refractivity contribution in [2.45, 2.75) is 32.9 Å². The first kappa shape index (κ1) is 13.7. The van der Waals surface area contributed by atoms with Gasteiger partial charge in [0.25, 0.3) is 0 Å². The molecule has 1 atom stereocenters. The second-order valence-corrected chi connectivity index (χ2v) is 5.22. The number of carbonyl (C=O) groups excluding carboxylic acids is 1. The lowest BCUT2D eigenvalue weighted by molar-refractivity contribution is -0.120. The molecule has 0 bridgehead atoms. The van der Waals surface area contributed by atoms with Crippen LogP contribution in [0.4, 0.5) is 5.82 Å². The Hall–Kier alpha value is -1.69. The Kier molecular flexibility index (Phi) is 3.99. The molecule has 6 nitrogen and oxygen atoms in total. The molecule has 1 unspecified atom stereocenters. The van der Waals surface area contributed by atoms with E-state index in [1.807, 2.05) is 17.9 Å². The van der Waals surface area contributed by atoms with Crippen molar-refractivity contribution < 1.29 is 4.79 Å². The molecule has 1 aliphatic heterocycles. The highest BCUT2D eigenvalue weighted by Crippen LogP contribution is 2.19. The first-order chi connectivity index (χ1) is 8.99. The second-order valence-electron chi connectivity index (χ2n) is 5.22. The first-order valence-electron chi connectivity index (χ1n) is 6.57. The number of hydrogen-bond acceptors (Lipinski definition) is 5. The number of piperazine rings is 1. The summed E-state index contributed by atoms with van der Waals surface area (Å²) in [5, 5.41) is 0. The monoisotopic (exact) mass is 263 g/mol. The van der Waals surface area contributed by atoms with Gasteiger partial charge in [-0.2, -0.15) is 0 Å². The molecule has 0 aliphatic carbocycles. The van der Waals surface area contributed by atoms with Gasteiger partial charge in [-0.15, -0.1) is 0 Å². The molecule has 2 rings (SSSR count). The Morgan fingerprint density at radius 3 is 2.74 bits per heavy atom. The summed E-state index contributed by atoms with van der Waals surface area (Å²) in [7, 11) is 0. The van der Waals surface area contributed by atoms with Crippen LogP contribution in [-0.4, -0.2) is 52.5 Å². The summed E-state index contributed by atoms with van der Waals surface area (Å²) in [4.78, 5) is 24.3. The summed E-state index contributed by atoms with van der Waals surface area (Å²) in [6.45, 7) is 8.47. The molecule has 0 radical (unpaired) electrons. The number of nitrogens with zero attached hydrogens (tertiary/aromatic N) is 4. The van der Waals surface area contributed by atoms with E-state index in [4.69, 9.17) is 5.73 Å². The molecule has 1 amide bonds. The van der Waals surface area contributed by atoms with E-state index in [2.05, 4.69) is 28.7 Å². The van der Waals surface area contributed by atoms with Crippen molar-refractivity contribution in [2.75, 3.05) is 24.5 Å². The molecule has 2 N–H and O–H groups in total. The van der Waals surface area contributed by atoms with E-state index in [-0.39, 0.29) is 11.9 Å². The van der Waals surface area contributed by atoms with Gasteiger partial charge in [0.15, 0.2) is 0 Å². The van der Waals surface area contributed by atoms with Gasteiger partial charge in [-0.05, 0) is 20.8 Å². The quantitative estimate of drug-likeness (QED) is 0.841. The zero-order valence-corrected chi connectivity index (χ0v) is 11.7. The molecular weight excluding hydrogens is 242 g/mol. The van der Waals surface area contributed by atoms with Crippen LogP contribution < -0.4 is 10.6 Å². The van der Waals surface area contributed by atoms with Crippen LogP contribution in [0.2, 0.25) is 0 Å². The van der Waals surface area contributed by atoms with E-state index in [0.29, 0.717) is 12.6 Å². The van der Waals surface area contributed by atoms with Crippen LogP contribution in [0.3, 0.4) is 0 Å². The zero-order valence-electron chi connectivity index (χ0n) is 11.7. The maximum absolute atomic E-state index is 11.7. The molecule has 1 fully saturated rings. The molecule has 1 aromatic rings. The predicted octanol–water partition coefficient (Wildman–Crippen LogP) is 0.169. The van der Waals surface area contributed by atoms with Gasteiger partial charge >= 0.3 is 0 Å². The van der Waals surface area contributed by atoms with Crippen LogP contribution in [0.5, 0.6) is 0 Å². The minimum absolute atomic E-state index is 0.304. The lowest BCUT2D eigenvalue weighted by Gasteiger charge is -2.42. The van der Waals surface area contributed by atoms with Crippen molar-refractivity contribution in [3.8, 4) is 0 Å². The highest BCUT2D eigenvalue weighted by atomic mass is 16.1. The van der Waals surface area contributed by atoms with E-state index >= 15 is 0 Å². The molecule has 1 saturated heterocycles. The smallest absolute Gasteiger partial charge is 0.241 e. The van der Waals surface area contributed by atoms with Crippen molar-refractivity contribution in [2.24, 2.45) is 5.73 Å². The standard InChI is InChI=1S/C13H21N5O/c1-9(2)17-4-5-18(11(7-17)13(14)19)12-6-10(3)15-8-16-12/h6,8-9,11H,4-5,7H2,1-3H3,(H2,14,19). The average Bonchev–Trinajstić information content (AvgIpc) is 2.37. The van der Waals surface area contributed by atoms with Crippen molar-refractivity contribution >= 4 is 11.7 Å². The summed E-state index contributed by atoms with van der Waals surface area (Å²) >= 11 is 0. The van der Waals surface area contributed by atoms with E-state index in [9.17, 15) is 4.79 Å². The van der Waals surface area contributed by atoms with E-state index in [0.717, 1.165) is 24.6 Å². The van der Waals surface area contributed by atoms with Crippen LogP contribution in [-0.2, 0) is 4.79 Å². The van der Waals surface area contributed by atoms with Crippen molar-refractivity contribution in [1.29, 1.82) is 0 Å². The minimum Gasteiger partial charge on any atom is -0.368 e. The molecule has 1 aliphatic rings. The SMILES string of the molecule is Cc1cc(N2CCN(C(C)C)CC2C(N)=O)ncn1. The Labute approximate surface area is 113 Å². The third kappa shape index (κ3) is 3.01. The third-order valence-corrected chi connectivity index (χ3v) is 3.55. The highest BCUT2D eigenvalue weighted by molar-refractivity contribution is 5.83. The molecule has 0 aromatic carbocycles. The van der Waals surface area contributed by atoms with Gasteiger partial charge in [-0.3, -0.25) is 9.69 Å². The molecule has 0 spiro atoms. The van der Waals surface area contributed by atoms with Crippen molar-refractivity contribution in [1.82, 2.24) is 14.9 Å². The number of hydrogen-bond donors (Lipinski definition) is 1. The molecule has 2 heterocycles. The number of rotatable bonds is 3. The van der Waals surface area contributed by atoms with Crippen molar-refractivity contribution in [3.05, 3.63) is 18.1 Å². The highest BCUT2D eigenvalue weighted by Gasteiger charge is 2.32. The number of aryl methyl sites for hydroxylation is 1. The Bertz CT molecular complexity index is 462. The van der Waals surface area contributed by atoms with Crippen LogP contribution in [0.25, 0.3) is 0 Å². The van der Waals surface area contributed by atoms with Gasteiger partial charge in [0.2, 0.25) is 5.91 Å². The Morgan fingerprint density at radius 1 is 1.42 bits per heavy atom. The molecule has 19 heavy (non-hydrogen) atoms. The van der Waals surface area contributed by atoms with Gasteiger partial charge in [0, 0.05) is 37.4 Å². The Balaban J connectivity index is 2.23. The third-order valence-electron chi connectivity index (χ3n) is 3.55. The fourth-order valence-corrected chi connectivity index (χ4v) is 2.39. The fourth-order valence-electron chi connectivity index (χ4n) is 2.39. The largest absolute Gasteiger partial charge is 0.368 e. The zero-order chi connectivity index (χ0) is 14.0. The summed E-state index contributed by atoms with van der Waals surface area (Å²) < 4.78 is 0. The fraction of sp³-hybridized carbons (Fsp3) is 0.615. The van der Waals surface area contributed by atoms with Gasteiger partial charge in [0.1, 0.15) is 18.2 Å². The summed E-state index contributed by atoms with van der Waals surface area (Å²) in [5.74, 6) is 0.473. The summed E-state index contributed by atoms with van der Waals surface area (Å²) in [5.41, 5.74) is 6.43. The number of amides is 1. The van der Waals surface area contributed by atoms with Gasteiger partial charge in [-0.1, -0.05) is 0 Å². The topological polar surface area (TPSA) is 75.3 Å². The van der Waals surface area contributed by atoms with Crippen LogP contribution in [0, 0.1) is 6.92 Å². The van der Waals surface area contributed by atoms with Crippen LogP contribution in [0.1, 0.15) is 19.5 Å². The molecule has 0 saturated carbocycles. The Morgan fingerprint density at radius 2 is 2.16 bits per heavy atom. The van der Waals surface area contributed by atoms with Gasteiger partial charge in [0.05, 0.1) is 0 Å². The first-order valence-corrected chi connectivity index (χ1v) is 6.57. The predicted molar refractivity (Wildman–Crippen MR) is 73.8 cm³/mol. The lowest BCUT2D eigenvalue weighted by atomic mass is 10.1. The second kappa shape index (κ2) is 5.52. The number of aromatic nitrogens is 2. The average molecular weight is 263 g/mol. The maximum atomic E-state index is 11.7. The van der Waals surface area contributed by atoms with E-state index in [1.54, 1.807) is 0 Å².